The number of thiazole rings is 1. The molecule has 1 aromatic carbocycles. The van der Waals surface area contributed by atoms with Crippen molar-refractivity contribution in [3.05, 3.63) is 18.2 Å². The van der Waals surface area contributed by atoms with Gasteiger partial charge in [-0.15, -0.1) is 0 Å². The van der Waals surface area contributed by atoms with Gasteiger partial charge in [0.05, 0.1) is 30.4 Å². The van der Waals surface area contributed by atoms with Crippen LogP contribution in [0.2, 0.25) is 0 Å². The molecule has 3 rings (SSSR count). The number of nitrogens with zero attached hydrogens (tertiary/aromatic N) is 2. The number of anilines is 1. The van der Waals surface area contributed by atoms with Crippen molar-refractivity contribution in [2.45, 2.75) is 6.17 Å². The van der Waals surface area contributed by atoms with E-state index < -0.39 is 6.17 Å². The summed E-state index contributed by atoms with van der Waals surface area (Å²) in [5, 5.41) is 0.900. The number of aromatic nitrogens is 1. The highest BCUT2D eigenvalue weighted by atomic mass is 32.1. The van der Waals surface area contributed by atoms with Crippen LogP contribution >= 0.6 is 11.3 Å². The van der Waals surface area contributed by atoms with E-state index >= 15 is 0 Å². The molecule has 5 heteroatoms. The molecule has 1 aromatic heterocycles. The van der Waals surface area contributed by atoms with Crippen molar-refractivity contribution in [1.29, 1.82) is 0 Å². The van der Waals surface area contributed by atoms with Gasteiger partial charge in [0.1, 0.15) is 11.9 Å². The van der Waals surface area contributed by atoms with Gasteiger partial charge in [0, 0.05) is 6.07 Å². The lowest BCUT2D eigenvalue weighted by Gasteiger charge is -2.33. The molecule has 0 N–H and O–H groups in total. The predicted molar refractivity (Wildman–Crippen MR) is 63.3 cm³/mol. The highest BCUT2D eigenvalue weighted by Gasteiger charge is 2.28. The van der Waals surface area contributed by atoms with Crippen molar-refractivity contribution in [2.24, 2.45) is 0 Å². The summed E-state index contributed by atoms with van der Waals surface area (Å²) in [5.41, 5.74) is 0.918. The van der Waals surface area contributed by atoms with Crippen molar-refractivity contribution in [3.63, 3.8) is 0 Å². The van der Waals surface area contributed by atoms with Gasteiger partial charge >= 0.3 is 0 Å². The van der Waals surface area contributed by atoms with E-state index in [9.17, 15) is 4.39 Å². The summed E-state index contributed by atoms with van der Waals surface area (Å²) in [6, 6.07) is 5.81. The minimum atomic E-state index is -0.693. The molecule has 1 saturated heterocycles. The Morgan fingerprint density at radius 2 is 2.31 bits per heavy atom. The van der Waals surface area contributed by atoms with E-state index in [2.05, 4.69) is 4.98 Å². The molecule has 0 radical (unpaired) electrons. The van der Waals surface area contributed by atoms with Crippen LogP contribution in [0.1, 0.15) is 0 Å². The number of rotatable bonds is 2. The van der Waals surface area contributed by atoms with Crippen LogP contribution in [0.3, 0.4) is 0 Å². The Morgan fingerprint density at radius 3 is 3.00 bits per heavy atom. The topological polar surface area (TPSA) is 25.4 Å². The van der Waals surface area contributed by atoms with Crippen LogP contribution in [0.25, 0.3) is 10.2 Å². The largest absolute Gasteiger partial charge is 0.497 e. The van der Waals surface area contributed by atoms with Gasteiger partial charge in [0.25, 0.3) is 0 Å². The molecule has 16 heavy (non-hydrogen) atoms. The summed E-state index contributed by atoms with van der Waals surface area (Å²) in [6.07, 6.45) is -0.693. The maximum atomic E-state index is 12.7. The number of alkyl halides is 1. The minimum absolute atomic E-state index is 0.469. The first kappa shape index (κ1) is 9.84. The van der Waals surface area contributed by atoms with Crippen molar-refractivity contribution in [2.75, 3.05) is 25.1 Å². The standard InChI is InChI=1S/C11H11FN2OS/c1-15-8-2-3-10-9(4-8)13-11(16-10)14-5-7(12)6-14/h2-4,7H,5-6H2,1H3. The number of ether oxygens (including phenoxy) is 1. The van der Waals surface area contributed by atoms with Crippen LogP contribution in [0.15, 0.2) is 18.2 Å². The Hall–Kier alpha value is -1.36. The van der Waals surface area contributed by atoms with E-state index in [1.165, 1.54) is 0 Å². The third-order valence-corrected chi connectivity index (χ3v) is 3.79. The second-order valence-electron chi connectivity index (χ2n) is 3.83. The van der Waals surface area contributed by atoms with E-state index in [1.807, 2.05) is 23.1 Å². The van der Waals surface area contributed by atoms with E-state index in [4.69, 9.17) is 4.74 Å². The second kappa shape index (κ2) is 3.59. The van der Waals surface area contributed by atoms with Crippen LogP contribution in [0.5, 0.6) is 5.75 Å². The summed E-state index contributed by atoms with van der Waals surface area (Å²) in [6.45, 7) is 0.938. The second-order valence-corrected chi connectivity index (χ2v) is 4.84. The number of hydrogen-bond acceptors (Lipinski definition) is 4. The highest BCUT2D eigenvalue weighted by Crippen LogP contribution is 2.33. The SMILES string of the molecule is COc1ccc2sc(N3CC(F)C3)nc2c1. The Kier molecular flexibility index (Phi) is 2.21. The van der Waals surface area contributed by atoms with Crippen LogP contribution in [-0.4, -0.2) is 31.4 Å². The van der Waals surface area contributed by atoms with Gasteiger partial charge < -0.3 is 9.64 Å². The van der Waals surface area contributed by atoms with Crippen LogP contribution in [0, 0.1) is 0 Å². The van der Waals surface area contributed by atoms with Crippen LogP contribution in [0.4, 0.5) is 9.52 Å². The first-order valence-corrected chi connectivity index (χ1v) is 5.91. The Morgan fingerprint density at radius 1 is 1.50 bits per heavy atom. The molecule has 1 fully saturated rings. The maximum absolute atomic E-state index is 12.7. The van der Waals surface area contributed by atoms with E-state index in [-0.39, 0.29) is 0 Å². The quantitative estimate of drug-likeness (QED) is 0.803. The van der Waals surface area contributed by atoms with E-state index in [1.54, 1.807) is 18.4 Å². The number of halogens is 1. The average molecular weight is 238 g/mol. The lowest BCUT2D eigenvalue weighted by Crippen LogP contribution is -2.48. The number of hydrogen-bond donors (Lipinski definition) is 0. The molecule has 0 saturated carbocycles. The minimum Gasteiger partial charge on any atom is -0.497 e. The fourth-order valence-electron chi connectivity index (χ4n) is 1.74. The van der Waals surface area contributed by atoms with E-state index in [0.717, 1.165) is 21.1 Å². The van der Waals surface area contributed by atoms with Gasteiger partial charge in [0.15, 0.2) is 5.13 Å². The molecule has 0 amide bonds. The Bertz CT molecular complexity index is 522. The normalized spacial score (nSPS) is 16.5. The molecule has 0 unspecified atom stereocenters. The Balaban J connectivity index is 1.96. The van der Waals surface area contributed by atoms with Crippen LogP contribution in [-0.2, 0) is 0 Å². The van der Waals surface area contributed by atoms with Crippen LogP contribution < -0.4 is 9.64 Å². The molecule has 3 nitrogen and oxygen atoms in total. The zero-order valence-electron chi connectivity index (χ0n) is 8.81. The number of benzene rings is 1. The zero-order valence-corrected chi connectivity index (χ0v) is 9.63. The molecular formula is C11H11FN2OS. The summed E-state index contributed by atoms with van der Waals surface area (Å²) >= 11 is 1.60. The average Bonchev–Trinajstić information content (AvgIpc) is 2.66. The third kappa shape index (κ3) is 1.51. The molecule has 0 spiro atoms. The van der Waals surface area contributed by atoms with Gasteiger partial charge in [-0.3, -0.25) is 0 Å². The number of methoxy groups -OCH3 is 1. The van der Waals surface area contributed by atoms with Crippen molar-refractivity contribution < 1.29 is 9.13 Å². The summed E-state index contributed by atoms with van der Waals surface area (Å²) in [7, 11) is 1.64. The monoisotopic (exact) mass is 238 g/mol. The molecular weight excluding hydrogens is 227 g/mol. The molecule has 0 atom stereocenters. The molecule has 1 aliphatic heterocycles. The van der Waals surface area contributed by atoms with Crippen molar-refractivity contribution in [3.8, 4) is 5.75 Å². The lowest BCUT2D eigenvalue weighted by molar-refractivity contribution is 0.275. The smallest absolute Gasteiger partial charge is 0.186 e. The molecule has 84 valence electrons. The first-order chi connectivity index (χ1) is 7.76. The van der Waals surface area contributed by atoms with Crippen molar-refractivity contribution >= 4 is 26.7 Å². The maximum Gasteiger partial charge on any atom is 0.186 e. The summed E-state index contributed by atoms with van der Waals surface area (Å²) in [4.78, 5) is 6.44. The predicted octanol–water partition coefficient (Wildman–Crippen LogP) is 2.46. The molecule has 2 heterocycles. The van der Waals surface area contributed by atoms with Crippen molar-refractivity contribution in [1.82, 2.24) is 4.98 Å². The summed E-state index contributed by atoms with van der Waals surface area (Å²) in [5.74, 6) is 0.802. The first-order valence-electron chi connectivity index (χ1n) is 5.10. The molecule has 1 aliphatic rings. The fraction of sp³-hybridized carbons (Fsp3) is 0.364. The fourth-order valence-corrected chi connectivity index (χ4v) is 2.70. The van der Waals surface area contributed by atoms with Gasteiger partial charge in [-0.25, -0.2) is 9.37 Å². The van der Waals surface area contributed by atoms with Gasteiger partial charge in [-0.2, -0.15) is 0 Å². The lowest BCUT2D eigenvalue weighted by atomic mass is 10.2. The highest BCUT2D eigenvalue weighted by molar-refractivity contribution is 7.22. The van der Waals surface area contributed by atoms with Gasteiger partial charge in [0.2, 0.25) is 0 Å². The van der Waals surface area contributed by atoms with Gasteiger partial charge in [-0.05, 0) is 12.1 Å². The molecule has 2 aromatic rings. The zero-order chi connectivity index (χ0) is 11.1. The number of fused-ring (bicyclic) bond motifs is 1. The molecule has 0 bridgehead atoms. The van der Waals surface area contributed by atoms with Gasteiger partial charge in [-0.1, -0.05) is 11.3 Å². The Labute approximate surface area is 96.5 Å². The summed E-state index contributed by atoms with van der Waals surface area (Å²) < 4.78 is 19.0. The molecule has 0 aliphatic carbocycles. The van der Waals surface area contributed by atoms with E-state index in [0.29, 0.717) is 13.1 Å². The third-order valence-electron chi connectivity index (χ3n) is 2.69.